The fourth-order valence-corrected chi connectivity index (χ4v) is 2.65. The zero-order chi connectivity index (χ0) is 16.3. The summed E-state index contributed by atoms with van der Waals surface area (Å²) in [5, 5.41) is 20.6. The van der Waals surface area contributed by atoms with Crippen molar-refractivity contribution in [1.82, 2.24) is 0 Å². The topological polar surface area (TPSA) is 68.2 Å². The number of hydrogen-bond donors (Lipinski definition) is 2. The summed E-state index contributed by atoms with van der Waals surface area (Å²) in [7, 11) is 4.60. The van der Waals surface area contributed by atoms with Crippen LogP contribution in [-0.2, 0) is 11.3 Å². The third kappa shape index (κ3) is 2.84. The van der Waals surface area contributed by atoms with Crippen molar-refractivity contribution in [3.05, 3.63) is 34.3 Å². The fraction of sp³-hybridized carbons (Fsp3) is 0.250. The number of benzene rings is 2. The predicted octanol–water partition coefficient (Wildman–Crippen LogP) is 3.69. The summed E-state index contributed by atoms with van der Waals surface area (Å²) in [5.41, 5.74) is 1.54. The zero-order valence-corrected chi connectivity index (χ0v) is 14.1. The van der Waals surface area contributed by atoms with E-state index in [1.54, 1.807) is 25.3 Å². The molecule has 0 aliphatic rings. The predicted molar refractivity (Wildman–Crippen MR) is 86.7 cm³/mol. The van der Waals surface area contributed by atoms with Crippen molar-refractivity contribution in [2.75, 3.05) is 21.3 Å². The van der Waals surface area contributed by atoms with Crippen LogP contribution < -0.4 is 9.47 Å². The maximum atomic E-state index is 10.4. The van der Waals surface area contributed by atoms with Gasteiger partial charge in [0.1, 0.15) is 11.5 Å². The normalized spacial score (nSPS) is 10.5. The molecule has 0 amide bonds. The number of methoxy groups -OCH3 is 3. The van der Waals surface area contributed by atoms with E-state index in [9.17, 15) is 10.2 Å². The molecule has 0 saturated heterocycles. The molecule has 0 bridgehead atoms. The van der Waals surface area contributed by atoms with Crippen LogP contribution in [-0.4, -0.2) is 31.5 Å². The summed E-state index contributed by atoms with van der Waals surface area (Å²) in [6.07, 6.45) is 0. The SMILES string of the molecule is COCc1ccc(OC)c(OC)c1-c1c(O)ccc(Br)c1O. The minimum absolute atomic E-state index is 0.0652. The molecule has 0 saturated carbocycles. The van der Waals surface area contributed by atoms with Gasteiger partial charge in [0.15, 0.2) is 11.5 Å². The van der Waals surface area contributed by atoms with Crippen molar-refractivity contribution in [3.63, 3.8) is 0 Å². The van der Waals surface area contributed by atoms with Crippen LogP contribution in [0.2, 0.25) is 0 Å². The highest BCUT2D eigenvalue weighted by atomic mass is 79.9. The smallest absolute Gasteiger partial charge is 0.169 e. The largest absolute Gasteiger partial charge is 0.507 e. The second kappa shape index (κ2) is 6.89. The number of phenolic OH excluding ortho intramolecular Hbond substituents is 2. The molecule has 0 radical (unpaired) electrons. The number of phenols is 2. The molecule has 0 spiro atoms. The van der Waals surface area contributed by atoms with Gasteiger partial charge in [-0.15, -0.1) is 0 Å². The van der Waals surface area contributed by atoms with Gasteiger partial charge in [-0.1, -0.05) is 6.07 Å². The van der Waals surface area contributed by atoms with Gasteiger partial charge in [-0.05, 0) is 39.7 Å². The lowest BCUT2D eigenvalue weighted by atomic mass is 9.96. The monoisotopic (exact) mass is 368 g/mol. The van der Waals surface area contributed by atoms with Crippen molar-refractivity contribution < 1.29 is 24.4 Å². The van der Waals surface area contributed by atoms with Gasteiger partial charge < -0.3 is 24.4 Å². The molecule has 22 heavy (non-hydrogen) atoms. The standard InChI is InChI=1S/C16H17BrO5/c1-20-8-9-4-7-12(21-2)16(22-3)13(9)14-11(18)6-5-10(17)15(14)19/h4-7,18-19H,8H2,1-3H3. The molecule has 2 N–H and O–H groups in total. The van der Waals surface area contributed by atoms with E-state index in [0.29, 0.717) is 28.1 Å². The van der Waals surface area contributed by atoms with E-state index >= 15 is 0 Å². The molecule has 0 aliphatic heterocycles. The zero-order valence-electron chi connectivity index (χ0n) is 12.5. The minimum Gasteiger partial charge on any atom is -0.507 e. The summed E-state index contributed by atoms with van der Waals surface area (Å²) >= 11 is 3.26. The molecule has 6 heteroatoms. The maximum Gasteiger partial charge on any atom is 0.169 e. The molecular formula is C16H17BrO5. The summed E-state index contributed by atoms with van der Waals surface area (Å²) in [4.78, 5) is 0. The maximum absolute atomic E-state index is 10.4. The van der Waals surface area contributed by atoms with Crippen LogP contribution in [0.4, 0.5) is 0 Å². The van der Waals surface area contributed by atoms with Gasteiger partial charge in [0, 0.05) is 12.7 Å². The van der Waals surface area contributed by atoms with Crippen molar-refractivity contribution >= 4 is 15.9 Å². The highest BCUT2D eigenvalue weighted by molar-refractivity contribution is 9.10. The van der Waals surface area contributed by atoms with Gasteiger partial charge in [-0.2, -0.15) is 0 Å². The van der Waals surface area contributed by atoms with Gasteiger partial charge in [-0.25, -0.2) is 0 Å². The van der Waals surface area contributed by atoms with E-state index in [-0.39, 0.29) is 17.1 Å². The minimum atomic E-state index is -0.0797. The molecule has 5 nitrogen and oxygen atoms in total. The average Bonchev–Trinajstić information content (AvgIpc) is 2.52. The Labute approximate surface area is 137 Å². The van der Waals surface area contributed by atoms with Crippen molar-refractivity contribution in [2.45, 2.75) is 6.61 Å². The summed E-state index contributed by atoms with van der Waals surface area (Å²) < 4.78 is 16.4. The van der Waals surface area contributed by atoms with Gasteiger partial charge in [0.05, 0.1) is 30.9 Å². The molecule has 0 aliphatic carbocycles. The van der Waals surface area contributed by atoms with Gasteiger partial charge in [-0.3, -0.25) is 0 Å². The van der Waals surface area contributed by atoms with Crippen LogP contribution in [0.5, 0.6) is 23.0 Å². The summed E-state index contributed by atoms with van der Waals surface area (Å²) in [6.45, 7) is 0.293. The Morgan fingerprint density at radius 3 is 2.27 bits per heavy atom. The third-order valence-electron chi connectivity index (χ3n) is 3.29. The molecule has 0 heterocycles. The summed E-state index contributed by atoms with van der Waals surface area (Å²) in [5.74, 6) is 0.769. The number of aromatic hydroxyl groups is 2. The lowest BCUT2D eigenvalue weighted by Gasteiger charge is -2.19. The fourth-order valence-electron chi connectivity index (χ4n) is 2.32. The Balaban J connectivity index is 2.85. The van der Waals surface area contributed by atoms with Gasteiger partial charge in [0.2, 0.25) is 0 Å². The number of hydrogen-bond acceptors (Lipinski definition) is 5. The van der Waals surface area contributed by atoms with Crippen LogP contribution >= 0.6 is 15.9 Å². The Morgan fingerprint density at radius 1 is 0.955 bits per heavy atom. The first-order chi connectivity index (χ1) is 10.5. The van der Waals surface area contributed by atoms with Gasteiger partial charge in [0.25, 0.3) is 0 Å². The molecule has 0 atom stereocenters. The third-order valence-corrected chi connectivity index (χ3v) is 3.93. The Morgan fingerprint density at radius 2 is 1.68 bits per heavy atom. The number of halogens is 1. The lowest BCUT2D eigenvalue weighted by Crippen LogP contribution is -1.99. The van der Waals surface area contributed by atoms with Gasteiger partial charge >= 0.3 is 0 Å². The molecule has 2 aromatic rings. The first-order valence-electron chi connectivity index (χ1n) is 6.48. The molecule has 2 rings (SSSR count). The Kier molecular flexibility index (Phi) is 5.15. The second-order valence-electron chi connectivity index (χ2n) is 4.56. The van der Waals surface area contributed by atoms with E-state index in [4.69, 9.17) is 14.2 Å². The van der Waals surface area contributed by atoms with Crippen LogP contribution in [0, 0.1) is 0 Å². The Bertz CT molecular complexity index is 685. The molecule has 0 unspecified atom stereocenters. The van der Waals surface area contributed by atoms with Crippen molar-refractivity contribution in [1.29, 1.82) is 0 Å². The first kappa shape index (κ1) is 16.5. The first-order valence-corrected chi connectivity index (χ1v) is 7.28. The highest BCUT2D eigenvalue weighted by Crippen LogP contribution is 2.49. The van der Waals surface area contributed by atoms with E-state index in [1.807, 2.05) is 0 Å². The Hall–Kier alpha value is -1.92. The quantitative estimate of drug-likeness (QED) is 0.842. The summed E-state index contributed by atoms with van der Waals surface area (Å²) in [6, 6.07) is 6.62. The molecule has 118 valence electrons. The number of ether oxygens (including phenoxy) is 3. The molecule has 0 aromatic heterocycles. The van der Waals surface area contributed by atoms with E-state index < -0.39 is 0 Å². The average molecular weight is 369 g/mol. The van der Waals surface area contributed by atoms with Crippen LogP contribution in [0.1, 0.15) is 5.56 Å². The highest BCUT2D eigenvalue weighted by Gasteiger charge is 2.23. The second-order valence-corrected chi connectivity index (χ2v) is 5.41. The number of rotatable bonds is 5. The van der Waals surface area contributed by atoms with Crippen molar-refractivity contribution in [2.24, 2.45) is 0 Å². The molecule has 0 fully saturated rings. The van der Waals surface area contributed by atoms with Crippen LogP contribution in [0.15, 0.2) is 28.7 Å². The van der Waals surface area contributed by atoms with Crippen LogP contribution in [0.3, 0.4) is 0 Å². The van der Waals surface area contributed by atoms with Crippen LogP contribution in [0.25, 0.3) is 11.1 Å². The molecular weight excluding hydrogens is 352 g/mol. The lowest BCUT2D eigenvalue weighted by molar-refractivity contribution is 0.185. The molecule has 2 aromatic carbocycles. The van der Waals surface area contributed by atoms with E-state index in [0.717, 1.165) is 5.56 Å². The van der Waals surface area contributed by atoms with E-state index in [1.165, 1.54) is 20.3 Å². The van der Waals surface area contributed by atoms with Crippen molar-refractivity contribution in [3.8, 4) is 34.1 Å². The van der Waals surface area contributed by atoms with E-state index in [2.05, 4.69) is 15.9 Å².